The molecular weight excluding hydrogens is 288 g/mol. The second kappa shape index (κ2) is 8.07. The molecule has 2 aromatic rings. The summed E-state index contributed by atoms with van der Waals surface area (Å²) in [5, 5.41) is 13.2. The summed E-state index contributed by atoms with van der Waals surface area (Å²) in [6.07, 6.45) is 1.03. The van der Waals surface area contributed by atoms with Gasteiger partial charge in [-0.1, -0.05) is 12.1 Å². The van der Waals surface area contributed by atoms with Gasteiger partial charge in [0.1, 0.15) is 0 Å². The van der Waals surface area contributed by atoms with Gasteiger partial charge in [-0.25, -0.2) is 4.98 Å². The summed E-state index contributed by atoms with van der Waals surface area (Å²) in [5.74, 6) is -0.0149. The fourth-order valence-corrected chi connectivity index (χ4v) is 2.96. The van der Waals surface area contributed by atoms with Gasteiger partial charge >= 0.3 is 0 Å². The van der Waals surface area contributed by atoms with Crippen LogP contribution in [0.4, 0.5) is 0 Å². The van der Waals surface area contributed by atoms with Crippen LogP contribution >= 0.6 is 11.3 Å². The number of fused-ring (bicyclic) bond motifs is 1. The van der Waals surface area contributed by atoms with Crippen molar-refractivity contribution in [1.29, 1.82) is 0 Å². The minimum atomic E-state index is -0.528. The quantitative estimate of drug-likeness (QED) is 0.779. The Kier molecular flexibility index (Phi) is 6.10. The molecule has 1 heterocycles. The molecule has 2 N–H and O–H groups in total. The van der Waals surface area contributed by atoms with Crippen LogP contribution in [-0.4, -0.2) is 42.4 Å². The Morgan fingerprint density at radius 2 is 2.29 bits per heavy atom. The SMILES string of the molecule is COCC(O)CCNC(=O)CCc1nc2ccccc2s1. The summed E-state index contributed by atoms with van der Waals surface area (Å²) in [4.78, 5) is 16.2. The van der Waals surface area contributed by atoms with E-state index in [-0.39, 0.29) is 5.91 Å². The van der Waals surface area contributed by atoms with Crippen LogP contribution in [0, 0.1) is 0 Å². The first kappa shape index (κ1) is 15.9. The van der Waals surface area contributed by atoms with Gasteiger partial charge in [0.15, 0.2) is 0 Å². The van der Waals surface area contributed by atoms with Crippen molar-refractivity contribution in [3.8, 4) is 0 Å². The molecule has 0 spiro atoms. The lowest BCUT2D eigenvalue weighted by Gasteiger charge is -2.09. The van der Waals surface area contributed by atoms with Gasteiger partial charge in [0, 0.05) is 26.5 Å². The Morgan fingerprint density at radius 3 is 3.05 bits per heavy atom. The molecule has 0 saturated carbocycles. The summed E-state index contributed by atoms with van der Waals surface area (Å²) < 4.78 is 5.97. The summed E-state index contributed by atoms with van der Waals surface area (Å²) in [6.45, 7) is 0.755. The van der Waals surface area contributed by atoms with E-state index >= 15 is 0 Å². The van der Waals surface area contributed by atoms with E-state index in [0.717, 1.165) is 15.2 Å². The molecule has 2 rings (SSSR count). The molecule has 0 aliphatic rings. The third-order valence-corrected chi connectivity index (χ3v) is 4.16. The van der Waals surface area contributed by atoms with Crippen molar-refractivity contribution in [3.05, 3.63) is 29.3 Å². The smallest absolute Gasteiger partial charge is 0.220 e. The largest absolute Gasteiger partial charge is 0.391 e. The molecule has 1 aromatic heterocycles. The number of ether oxygens (including phenoxy) is 1. The molecule has 114 valence electrons. The van der Waals surface area contributed by atoms with Crippen molar-refractivity contribution in [1.82, 2.24) is 10.3 Å². The van der Waals surface area contributed by atoms with E-state index in [1.165, 1.54) is 0 Å². The number of hydrogen-bond acceptors (Lipinski definition) is 5. The predicted octanol–water partition coefficient (Wildman–Crippen LogP) is 1.74. The summed E-state index contributed by atoms with van der Waals surface area (Å²) in [5.41, 5.74) is 0.987. The van der Waals surface area contributed by atoms with Crippen LogP contribution in [-0.2, 0) is 16.0 Å². The van der Waals surface area contributed by atoms with Crippen LogP contribution < -0.4 is 5.32 Å². The van der Waals surface area contributed by atoms with Gasteiger partial charge in [-0.2, -0.15) is 0 Å². The number of nitrogens with zero attached hydrogens (tertiary/aromatic N) is 1. The van der Waals surface area contributed by atoms with Gasteiger partial charge in [-0.3, -0.25) is 4.79 Å². The van der Waals surface area contributed by atoms with Crippen molar-refractivity contribution in [3.63, 3.8) is 0 Å². The maximum Gasteiger partial charge on any atom is 0.220 e. The number of para-hydroxylation sites is 1. The number of rotatable bonds is 8. The van der Waals surface area contributed by atoms with Crippen LogP contribution in [0.25, 0.3) is 10.2 Å². The topological polar surface area (TPSA) is 71.5 Å². The van der Waals surface area contributed by atoms with Crippen LogP contribution in [0.1, 0.15) is 17.8 Å². The van der Waals surface area contributed by atoms with Crippen molar-refractivity contribution >= 4 is 27.5 Å². The minimum Gasteiger partial charge on any atom is -0.391 e. The monoisotopic (exact) mass is 308 g/mol. The summed E-state index contributed by atoms with van der Waals surface area (Å²) in [7, 11) is 1.54. The van der Waals surface area contributed by atoms with Gasteiger partial charge in [-0.05, 0) is 18.6 Å². The van der Waals surface area contributed by atoms with Gasteiger partial charge < -0.3 is 15.2 Å². The molecule has 1 atom stereocenters. The second-order valence-electron chi connectivity index (χ2n) is 4.82. The zero-order chi connectivity index (χ0) is 15.1. The number of methoxy groups -OCH3 is 1. The highest BCUT2D eigenvalue weighted by molar-refractivity contribution is 7.18. The van der Waals surface area contributed by atoms with Gasteiger partial charge in [0.05, 0.1) is 27.9 Å². The molecule has 6 heteroatoms. The summed E-state index contributed by atoms with van der Waals surface area (Å²) in [6, 6.07) is 7.96. The average Bonchev–Trinajstić information content (AvgIpc) is 2.88. The summed E-state index contributed by atoms with van der Waals surface area (Å²) >= 11 is 1.63. The minimum absolute atomic E-state index is 0.0149. The molecular formula is C15H20N2O3S. The fourth-order valence-electron chi connectivity index (χ4n) is 1.99. The highest BCUT2D eigenvalue weighted by Gasteiger charge is 2.08. The number of benzene rings is 1. The Balaban J connectivity index is 1.71. The molecule has 21 heavy (non-hydrogen) atoms. The number of aliphatic hydroxyl groups excluding tert-OH is 1. The molecule has 0 saturated heterocycles. The number of carbonyl (C=O) groups is 1. The number of aromatic nitrogens is 1. The van der Waals surface area contributed by atoms with E-state index in [2.05, 4.69) is 10.3 Å². The first-order chi connectivity index (χ1) is 10.2. The van der Waals surface area contributed by atoms with Crippen molar-refractivity contribution in [2.75, 3.05) is 20.3 Å². The maximum absolute atomic E-state index is 11.7. The van der Waals surface area contributed by atoms with E-state index in [9.17, 15) is 9.90 Å². The Hall–Kier alpha value is -1.50. The molecule has 1 unspecified atom stereocenters. The Morgan fingerprint density at radius 1 is 1.48 bits per heavy atom. The van der Waals surface area contributed by atoms with E-state index in [0.29, 0.717) is 32.4 Å². The standard InChI is InChI=1S/C15H20N2O3S/c1-20-10-11(18)8-9-16-14(19)6-7-15-17-12-4-2-3-5-13(12)21-15/h2-5,11,18H,6-10H2,1H3,(H,16,19). The van der Waals surface area contributed by atoms with Crippen LogP contribution in [0.15, 0.2) is 24.3 Å². The number of thiazole rings is 1. The van der Waals surface area contributed by atoms with Crippen LogP contribution in [0.2, 0.25) is 0 Å². The lowest BCUT2D eigenvalue weighted by Crippen LogP contribution is -2.28. The number of carbonyl (C=O) groups excluding carboxylic acids is 1. The van der Waals surface area contributed by atoms with E-state index in [4.69, 9.17) is 4.74 Å². The molecule has 0 aliphatic heterocycles. The highest BCUT2D eigenvalue weighted by atomic mass is 32.1. The highest BCUT2D eigenvalue weighted by Crippen LogP contribution is 2.22. The van der Waals surface area contributed by atoms with Crippen molar-refractivity contribution < 1.29 is 14.6 Å². The zero-order valence-corrected chi connectivity index (χ0v) is 12.9. The normalized spacial score (nSPS) is 12.5. The Bertz CT molecular complexity index is 552. The molecule has 0 aliphatic carbocycles. The van der Waals surface area contributed by atoms with E-state index in [1.54, 1.807) is 18.4 Å². The maximum atomic E-state index is 11.7. The molecule has 1 aromatic carbocycles. The molecule has 0 fully saturated rings. The van der Waals surface area contributed by atoms with Gasteiger partial charge in [-0.15, -0.1) is 11.3 Å². The van der Waals surface area contributed by atoms with E-state index in [1.807, 2.05) is 24.3 Å². The molecule has 5 nitrogen and oxygen atoms in total. The van der Waals surface area contributed by atoms with Crippen LogP contribution in [0.3, 0.4) is 0 Å². The number of amides is 1. The lowest BCUT2D eigenvalue weighted by atomic mass is 10.2. The third kappa shape index (κ3) is 5.08. The third-order valence-electron chi connectivity index (χ3n) is 3.06. The second-order valence-corrected chi connectivity index (χ2v) is 5.94. The average molecular weight is 308 g/mol. The first-order valence-corrected chi connectivity index (χ1v) is 7.79. The number of nitrogens with one attached hydrogen (secondary N) is 1. The number of aliphatic hydroxyl groups is 1. The Labute approximate surface area is 128 Å². The number of hydrogen-bond donors (Lipinski definition) is 2. The van der Waals surface area contributed by atoms with Gasteiger partial charge in [0.25, 0.3) is 0 Å². The fraction of sp³-hybridized carbons (Fsp3) is 0.467. The zero-order valence-electron chi connectivity index (χ0n) is 12.0. The predicted molar refractivity (Wildman–Crippen MR) is 83.5 cm³/mol. The van der Waals surface area contributed by atoms with Gasteiger partial charge in [0.2, 0.25) is 5.91 Å². The van der Waals surface area contributed by atoms with Crippen LogP contribution in [0.5, 0.6) is 0 Å². The molecule has 0 radical (unpaired) electrons. The molecule has 0 bridgehead atoms. The van der Waals surface area contributed by atoms with Crippen molar-refractivity contribution in [2.24, 2.45) is 0 Å². The van der Waals surface area contributed by atoms with E-state index < -0.39 is 6.10 Å². The molecule has 1 amide bonds. The van der Waals surface area contributed by atoms with Crippen molar-refractivity contribution in [2.45, 2.75) is 25.4 Å². The first-order valence-electron chi connectivity index (χ1n) is 6.97. The lowest BCUT2D eigenvalue weighted by molar-refractivity contribution is -0.121. The number of aryl methyl sites for hydroxylation is 1.